The van der Waals surface area contributed by atoms with Gasteiger partial charge in [-0.3, -0.25) is 25.2 Å². The average Bonchev–Trinajstić information content (AvgIpc) is 2.78. The van der Waals surface area contributed by atoms with E-state index in [1.807, 2.05) is 13.0 Å². The van der Waals surface area contributed by atoms with Crippen LogP contribution in [0.15, 0.2) is 40.9 Å². The summed E-state index contributed by atoms with van der Waals surface area (Å²) >= 11 is 3.36. The van der Waals surface area contributed by atoms with Crippen LogP contribution >= 0.6 is 15.9 Å². The Labute approximate surface area is 187 Å². The number of nitrogens with zero attached hydrogens (tertiary/aromatic N) is 1. The van der Waals surface area contributed by atoms with E-state index in [4.69, 9.17) is 14.2 Å². The van der Waals surface area contributed by atoms with Crippen molar-refractivity contribution in [2.24, 2.45) is 0 Å². The van der Waals surface area contributed by atoms with Gasteiger partial charge in [0.2, 0.25) is 5.91 Å². The predicted molar refractivity (Wildman–Crippen MR) is 116 cm³/mol. The van der Waals surface area contributed by atoms with Crippen molar-refractivity contribution in [3.05, 3.63) is 46.4 Å². The Bertz CT molecular complexity index is 997. The fraction of sp³-hybridized carbons (Fsp3) is 0.286. The van der Waals surface area contributed by atoms with Crippen LogP contribution in [0.5, 0.6) is 17.2 Å². The van der Waals surface area contributed by atoms with Gasteiger partial charge in [-0.25, -0.2) is 0 Å². The van der Waals surface area contributed by atoms with Crippen LogP contribution in [-0.2, 0) is 9.59 Å². The summed E-state index contributed by atoms with van der Waals surface area (Å²) in [5.41, 5.74) is 5.61. The minimum absolute atomic E-state index is 0.00333. The largest absolute Gasteiger partial charge is 0.493 e. The van der Waals surface area contributed by atoms with Crippen molar-refractivity contribution in [2.75, 3.05) is 31.8 Å². The van der Waals surface area contributed by atoms with Crippen LogP contribution in [0.3, 0.4) is 0 Å². The summed E-state index contributed by atoms with van der Waals surface area (Å²) in [7, 11) is 1.47. The number of halogens is 1. The third kappa shape index (κ3) is 5.26. The van der Waals surface area contributed by atoms with Gasteiger partial charge in [-0.2, -0.15) is 0 Å². The van der Waals surface area contributed by atoms with E-state index < -0.39 is 11.8 Å². The number of methoxy groups -OCH3 is 1. The Balaban J connectivity index is 1.57. The molecule has 0 aliphatic carbocycles. The molecule has 3 rings (SSSR count). The van der Waals surface area contributed by atoms with Crippen molar-refractivity contribution in [3.8, 4) is 17.2 Å². The number of para-hydroxylation sites is 2. The second-order valence-electron chi connectivity index (χ2n) is 6.48. The summed E-state index contributed by atoms with van der Waals surface area (Å²) in [5.74, 6) is 0.260. The molecule has 0 saturated heterocycles. The topological polar surface area (TPSA) is 106 Å². The average molecular weight is 492 g/mol. The number of carbonyl (C=O) groups excluding carboxylic acids is 3. The van der Waals surface area contributed by atoms with Gasteiger partial charge in [-0.15, -0.1) is 0 Å². The van der Waals surface area contributed by atoms with E-state index >= 15 is 0 Å². The number of hydrogen-bond donors (Lipinski definition) is 2. The standard InChI is InChI=1S/C21H22BrN3O6/c1-3-30-20-14(22)10-13(11-17(20)29-2)21(28)24-23-18(26)8-9-25-15-6-4-5-7-16(15)31-12-19(25)27/h4-7,10-11H,3,8-9,12H2,1-2H3,(H,23,26)(H,24,28). The van der Waals surface area contributed by atoms with Crippen LogP contribution in [0.1, 0.15) is 23.7 Å². The predicted octanol–water partition coefficient (Wildman–Crippen LogP) is 2.43. The third-order valence-electron chi connectivity index (χ3n) is 4.47. The quantitative estimate of drug-likeness (QED) is 0.576. The first kappa shape index (κ1) is 22.4. The van der Waals surface area contributed by atoms with Crippen LogP contribution in [0.25, 0.3) is 0 Å². The molecule has 0 radical (unpaired) electrons. The number of anilines is 1. The normalized spacial score (nSPS) is 12.5. The molecule has 0 atom stereocenters. The zero-order valence-electron chi connectivity index (χ0n) is 17.1. The van der Waals surface area contributed by atoms with E-state index in [-0.39, 0.29) is 31.0 Å². The molecule has 10 heteroatoms. The molecule has 0 fully saturated rings. The highest BCUT2D eigenvalue weighted by molar-refractivity contribution is 9.10. The highest BCUT2D eigenvalue weighted by Crippen LogP contribution is 2.36. The molecule has 1 heterocycles. The summed E-state index contributed by atoms with van der Waals surface area (Å²) < 4.78 is 16.7. The lowest BCUT2D eigenvalue weighted by Gasteiger charge is -2.29. The Hall–Kier alpha value is -3.27. The van der Waals surface area contributed by atoms with Gasteiger partial charge in [0.05, 0.1) is 23.9 Å². The Kier molecular flexibility index (Phi) is 7.35. The van der Waals surface area contributed by atoms with E-state index in [1.54, 1.807) is 24.3 Å². The van der Waals surface area contributed by atoms with Crippen LogP contribution in [0.4, 0.5) is 5.69 Å². The molecule has 0 saturated carbocycles. The van der Waals surface area contributed by atoms with Crippen LogP contribution < -0.4 is 30.0 Å². The Morgan fingerprint density at radius 1 is 1.23 bits per heavy atom. The fourth-order valence-electron chi connectivity index (χ4n) is 3.01. The zero-order valence-corrected chi connectivity index (χ0v) is 18.7. The lowest BCUT2D eigenvalue weighted by molar-refractivity contribution is -0.122. The maximum absolute atomic E-state index is 12.4. The number of hydrazine groups is 1. The SMILES string of the molecule is CCOc1c(Br)cc(C(=O)NNC(=O)CCN2C(=O)COc3ccccc32)cc1OC. The monoisotopic (exact) mass is 491 g/mol. The van der Waals surface area contributed by atoms with Gasteiger partial charge in [0.15, 0.2) is 18.1 Å². The summed E-state index contributed by atoms with van der Waals surface area (Å²) in [4.78, 5) is 38.3. The van der Waals surface area contributed by atoms with Crippen molar-refractivity contribution >= 4 is 39.3 Å². The molecule has 0 spiro atoms. The number of carbonyl (C=O) groups is 3. The third-order valence-corrected chi connectivity index (χ3v) is 5.06. The number of ether oxygens (including phenoxy) is 3. The molecule has 2 aromatic rings. The van der Waals surface area contributed by atoms with Gasteiger partial charge < -0.3 is 19.1 Å². The molecule has 9 nitrogen and oxygen atoms in total. The highest BCUT2D eigenvalue weighted by atomic mass is 79.9. The van der Waals surface area contributed by atoms with Crippen LogP contribution in [0.2, 0.25) is 0 Å². The summed E-state index contributed by atoms with van der Waals surface area (Å²) in [6.07, 6.45) is -0.00333. The zero-order chi connectivity index (χ0) is 22.4. The van der Waals surface area contributed by atoms with Gasteiger partial charge in [-0.1, -0.05) is 12.1 Å². The highest BCUT2D eigenvalue weighted by Gasteiger charge is 2.25. The van der Waals surface area contributed by atoms with Gasteiger partial charge in [-0.05, 0) is 47.1 Å². The Morgan fingerprint density at radius 3 is 2.74 bits per heavy atom. The minimum atomic E-state index is -0.525. The molecule has 2 aromatic carbocycles. The second-order valence-corrected chi connectivity index (χ2v) is 7.33. The van der Waals surface area contributed by atoms with E-state index in [0.717, 1.165) is 0 Å². The van der Waals surface area contributed by atoms with Crippen molar-refractivity contribution in [1.82, 2.24) is 10.9 Å². The lowest BCUT2D eigenvalue weighted by atomic mass is 10.2. The molecule has 0 bridgehead atoms. The second kappa shape index (κ2) is 10.2. The van der Waals surface area contributed by atoms with Crippen molar-refractivity contribution in [1.29, 1.82) is 0 Å². The summed E-state index contributed by atoms with van der Waals surface area (Å²) in [6.45, 7) is 2.35. The first-order valence-electron chi connectivity index (χ1n) is 9.56. The van der Waals surface area contributed by atoms with Crippen molar-refractivity contribution in [3.63, 3.8) is 0 Å². The smallest absolute Gasteiger partial charge is 0.269 e. The number of hydrogen-bond acceptors (Lipinski definition) is 6. The van der Waals surface area contributed by atoms with Crippen molar-refractivity contribution in [2.45, 2.75) is 13.3 Å². The van der Waals surface area contributed by atoms with E-state index in [0.29, 0.717) is 34.0 Å². The van der Waals surface area contributed by atoms with Crippen molar-refractivity contribution < 1.29 is 28.6 Å². The molecule has 1 aliphatic rings. The molecule has 1 aliphatic heterocycles. The number of nitrogens with one attached hydrogen (secondary N) is 2. The number of amides is 3. The molecule has 164 valence electrons. The number of rotatable bonds is 7. The van der Waals surface area contributed by atoms with E-state index in [2.05, 4.69) is 26.8 Å². The van der Waals surface area contributed by atoms with Gasteiger partial charge in [0, 0.05) is 18.5 Å². The first-order valence-corrected chi connectivity index (χ1v) is 10.4. The molecule has 0 unspecified atom stereocenters. The molecular formula is C21H22BrN3O6. The maximum Gasteiger partial charge on any atom is 0.269 e. The van der Waals surface area contributed by atoms with E-state index in [1.165, 1.54) is 18.1 Å². The van der Waals surface area contributed by atoms with Gasteiger partial charge in [0.1, 0.15) is 5.75 Å². The molecular weight excluding hydrogens is 470 g/mol. The minimum Gasteiger partial charge on any atom is -0.493 e. The molecule has 0 aromatic heterocycles. The number of benzene rings is 2. The van der Waals surface area contributed by atoms with E-state index in [9.17, 15) is 14.4 Å². The molecule has 3 amide bonds. The Morgan fingerprint density at radius 2 is 2.00 bits per heavy atom. The fourth-order valence-corrected chi connectivity index (χ4v) is 3.57. The van der Waals surface area contributed by atoms with Gasteiger partial charge in [0.25, 0.3) is 11.8 Å². The first-order chi connectivity index (χ1) is 14.9. The lowest BCUT2D eigenvalue weighted by Crippen LogP contribution is -2.45. The van der Waals surface area contributed by atoms with Crippen LogP contribution in [-0.4, -0.2) is 44.6 Å². The van der Waals surface area contributed by atoms with Gasteiger partial charge >= 0.3 is 0 Å². The molecule has 31 heavy (non-hydrogen) atoms. The summed E-state index contributed by atoms with van der Waals surface area (Å²) in [6, 6.07) is 10.2. The maximum atomic E-state index is 12.4. The molecule has 2 N–H and O–H groups in total. The van der Waals surface area contributed by atoms with Crippen LogP contribution in [0, 0.1) is 0 Å². The number of fused-ring (bicyclic) bond motifs is 1. The summed E-state index contributed by atoms with van der Waals surface area (Å²) in [5, 5.41) is 0.